The molecular weight excluding hydrogens is 313 g/mol. The zero-order valence-electron chi connectivity index (χ0n) is 12.2. The van der Waals surface area contributed by atoms with Gasteiger partial charge in [0.1, 0.15) is 12.1 Å². The molecule has 0 aliphatic rings. The van der Waals surface area contributed by atoms with E-state index in [1.165, 1.54) is 0 Å². The van der Waals surface area contributed by atoms with E-state index in [2.05, 4.69) is 14.5 Å². The molecule has 0 atom stereocenters. The Morgan fingerprint density at radius 1 is 0.600 bits per heavy atom. The number of hydrogen-bond donors (Lipinski definition) is 0. The highest BCUT2D eigenvalue weighted by atomic mass is 14.8. The summed E-state index contributed by atoms with van der Waals surface area (Å²) in [5, 5.41) is 37.2. The van der Waals surface area contributed by atoms with Crippen LogP contribution in [0.25, 0.3) is 25.3 Å². The highest BCUT2D eigenvalue weighted by Crippen LogP contribution is 2.46. The minimum Gasteiger partial charge on any atom is -0.251 e. The van der Waals surface area contributed by atoms with Crippen molar-refractivity contribution in [3.05, 3.63) is 56.5 Å². The molecule has 0 aliphatic heterocycles. The summed E-state index contributed by atoms with van der Waals surface area (Å²) in [5.41, 5.74) is -2.69. The van der Waals surface area contributed by atoms with Crippen molar-refractivity contribution in [2.75, 3.05) is 0 Å². The maximum absolute atomic E-state index is 9.46. The average Bonchev–Trinajstić information content (AvgIpc) is 2.64. The first-order chi connectivity index (χ1) is 12.1. The van der Waals surface area contributed by atoms with E-state index in [9.17, 15) is 21.0 Å². The Kier molecular flexibility index (Phi) is 4.06. The molecule has 0 saturated heterocycles. The summed E-state index contributed by atoms with van der Waals surface area (Å²) in [6, 6.07) is 6.89. The number of fused-ring (bicyclic) bond motifs is 1. The van der Waals surface area contributed by atoms with Crippen molar-refractivity contribution in [2.24, 2.45) is 0 Å². The third kappa shape index (κ3) is 2.01. The summed E-state index contributed by atoms with van der Waals surface area (Å²) in [7, 11) is 5.81. The predicted octanol–water partition coefficient (Wildman–Crippen LogP) is 2.77. The van der Waals surface area contributed by atoms with E-state index in [0.717, 1.165) is 0 Å². The first-order valence-electron chi connectivity index (χ1n) is 6.27. The molecular formula is C17BN7. The van der Waals surface area contributed by atoms with Gasteiger partial charge in [0.25, 0.3) is 0 Å². The van der Waals surface area contributed by atoms with Crippen molar-refractivity contribution in [1.29, 1.82) is 21.0 Å². The molecule has 0 bridgehead atoms. The first-order valence-corrected chi connectivity index (χ1v) is 6.27. The molecule has 2 aromatic carbocycles. The van der Waals surface area contributed by atoms with E-state index in [4.69, 9.17) is 27.6 Å². The van der Waals surface area contributed by atoms with Crippen LogP contribution in [0.1, 0.15) is 22.3 Å². The Morgan fingerprint density at radius 3 is 1.48 bits per heavy atom. The summed E-state index contributed by atoms with van der Waals surface area (Å²) >= 11 is 0. The lowest BCUT2D eigenvalue weighted by molar-refractivity contribution is 1.42. The van der Waals surface area contributed by atoms with Gasteiger partial charge in [-0.1, -0.05) is 5.46 Å². The van der Waals surface area contributed by atoms with Gasteiger partial charge in [-0.2, -0.15) is 21.0 Å². The minimum atomic E-state index is -0.379. The smallest absolute Gasteiger partial charge is 0.202 e. The van der Waals surface area contributed by atoms with Crippen LogP contribution in [0, 0.1) is 65.0 Å². The second-order valence-corrected chi connectivity index (χ2v) is 4.49. The summed E-state index contributed by atoms with van der Waals surface area (Å²) in [5.74, 6) is 0. The van der Waals surface area contributed by atoms with Crippen LogP contribution in [0.2, 0.25) is 0 Å². The van der Waals surface area contributed by atoms with Crippen LogP contribution in [0.3, 0.4) is 0 Å². The Morgan fingerprint density at radius 2 is 1.08 bits per heavy atom. The van der Waals surface area contributed by atoms with E-state index in [0.29, 0.717) is 0 Å². The fourth-order valence-electron chi connectivity index (χ4n) is 2.50. The molecule has 0 amide bonds. The van der Waals surface area contributed by atoms with Gasteiger partial charge in [0.15, 0.2) is 11.4 Å². The molecule has 2 rings (SSSR count). The summed E-state index contributed by atoms with van der Waals surface area (Å²) in [6.07, 6.45) is 0. The third-order valence-electron chi connectivity index (χ3n) is 3.49. The van der Waals surface area contributed by atoms with E-state index < -0.39 is 0 Å². The summed E-state index contributed by atoms with van der Waals surface area (Å²) in [6.45, 7) is 21.9. The quantitative estimate of drug-likeness (QED) is 0.550. The summed E-state index contributed by atoms with van der Waals surface area (Å²) in [4.78, 5) is 9.59. The van der Waals surface area contributed by atoms with Crippen LogP contribution >= 0.6 is 0 Å². The van der Waals surface area contributed by atoms with Crippen molar-refractivity contribution in [2.45, 2.75) is 0 Å². The second kappa shape index (κ2) is 6.13. The minimum absolute atomic E-state index is 0.164. The normalized spacial score (nSPS) is 8.68. The number of nitriles is 4. The zero-order valence-corrected chi connectivity index (χ0v) is 12.2. The van der Waals surface area contributed by atoms with Crippen LogP contribution in [-0.2, 0) is 0 Å². The van der Waals surface area contributed by atoms with Crippen molar-refractivity contribution < 1.29 is 0 Å². The summed E-state index contributed by atoms with van der Waals surface area (Å²) < 4.78 is 0. The monoisotopic (exact) mass is 313 g/mol. The molecule has 25 heavy (non-hydrogen) atoms. The molecule has 2 radical (unpaired) electrons. The van der Waals surface area contributed by atoms with Gasteiger partial charge in [0.2, 0.25) is 5.69 Å². The SMILES string of the molecule is [B]c1c([N+]#[C-])c([N+]#[C-])c2c([N+]#[C-])c(C#N)c(C#N)c(C#N)c2c1C#N. The molecule has 0 N–H and O–H groups in total. The van der Waals surface area contributed by atoms with Gasteiger partial charge in [0.05, 0.1) is 56.4 Å². The lowest BCUT2D eigenvalue weighted by Crippen LogP contribution is -2.11. The second-order valence-electron chi connectivity index (χ2n) is 4.49. The maximum Gasteiger partial charge on any atom is 0.202 e. The van der Waals surface area contributed by atoms with E-state index in [1.807, 2.05) is 0 Å². The van der Waals surface area contributed by atoms with E-state index in [1.54, 1.807) is 24.3 Å². The predicted molar refractivity (Wildman–Crippen MR) is 87.0 cm³/mol. The zero-order chi connectivity index (χ0) is 18.7. The Balaban J connectivity index is 3.58. The third-order valence-corrected chi connectivity index (χ3v) is 3.49. The first kappa shape index (κ1) is 16.6. The van der Waals surface area contributed by atoms with E-state index >= 15 is 0 Å². The molecule has 106 valence electrons. The number of nitrogens with zero attached hydrogens (tertiary/aromatic N) is 7. The van der Waals surface area contributed by atoms with Crippen LogP contribution in [-0.4, -0.2) is 7.85 Å². The maximum atomic E-state index is 9.46. The average molecular weight is 313 g/mol. The number of hydrogen-bond acceptors (Lipinski definition) is 4. The van der Waals surface area contributed by atoms with Gasteiger partial charge in [0, 0.05) is 5.56 Å². The van der Waals surface area contributed by atoms with Gasteiger partial charge in [-0.15, -0.1) is 0 Å². The topological polar surface area (TPSA) is 108 Å². The molecule has 8 heteroatoms. The molecule has 0 aliphatic carbocycles. The van der Waals surface area contributed by atoms with Crippen molar-refractivity contribution in [3.8, 4) is 24.3 Å². The van der Waals surface area contributed by atoms with Gasteiger partial charge in [-0.3, -0.25) is 9.69 Å². The molecule has 0 heterocycles. The Hall–Kier alpha value is -4.81. The van der Waals surface area contributed by atoms with Gasteiger partial charge in [-0.25, -0.2) is 4.85 Å². The molecule has 0 unspecified atom stereocenters. The molecule has 7 nitrogen and oxygen atoms in total. The van der Waals surface area contributed by atoms with Crippen molar-refractivity contribution in [1.82, 2.24) is 0 Å². The fraction of sp³-hybridized carbons (Fsp3) is 0. The van der Waals surface area contributed by atoms with Crippen molar-refractivity contribution >= 4 is 41.1 Å². The molecule has 0 saturated carbocycles. The van der Waals surface area contributed by atoms with Crippen LogP contribution in [0.5, 0.6) is 0 Å². The Labute approximate surface area is 143 Å². The number of benzene rings is 2. The standard InChI is InChI=1S/C17BN7/c1-23-15-10(6-21)8(4-19)9(5-20)12-11(7-22)14(18)17(25-3)16(24-2)13(12)15. The van der Waals surface area contributed by atoms with Crippen LogP contribution < -0.4 is 5.46 Å². The largest absolute Gasteiger partial charge is 0.251 e. The molecule has 0 spiro atoms. The van der Waals surface area contributed by atoms with E-state index in [-0.39, 0.29) is 55.6 Å². The van der Waals surface area contributed by atoms with Gasteiger partial charge < -0.3 is 0 Å². The van der Waals surface area contributed by atoms with Crippen LogP contribution in [0.15, 0.2) is 0 Å². The van der Waals surface area contributed by atoms with Gasteiger partial charge >= 0.3 is 0 Å². The fourth-order valence-corrected chi connectivity index (χ4v) is 2.50. The molecule has 0 fully saturated rings. The number of rotatable bonds is 0. The highest BCUT2D eigenvalue weighted by Gasteiger charge is 2.27. The van der Waals surface area contributed by atoms with Crippen LogP contribution in [0.4, 0.5) is 17.1 Å². The Bertz CT molecular complexity index is 1270. The highest BCUT2D eigenvalue weighted by molar-refractivity contribution is 6.41. The van der Waals surface area contributed by atoms with Gasteiger partial charge in [-0.05, 0) is 10.8 Å². The van der Waals surface area contributed by atoms with Crippen molar-refractivity contribution in [3.63, 3.8) is 0 Å². The lowest BCUT2D eigenvalue weighted by atomic mass is 9.81. The molecule has 0 aromatic heterocycles. The lowest BCUT2D eigenvalue weighted by Gasteiger charge is -2.15. The molecule has 2 aromatic rings.